The Kier molecular flexibility index (Phi) is 6.62. The molecule has 1 aliphatic heterocycles. The maximum absolute atomic E-state index is 12.2. The number of nitrogens with one attached hydrogen (secondary N) is 2. The second-order valence-electron chi connectivity index (χ2n) is 8.16. The van der Waals surface area contributed by atoms with E-state index in [4.69, 9.17) is 9.84 Å². The highest BCUT2D eigenvalue weighted by molar-refractivity contribution is 5.77. The minimum Gasteiger partial charge on any atom is -0.478 e. The van der Waals surface area contributed by atoms with E-state index in [1.807, 2.05) is 43.3 Å². The van der Waals surface area contributed by atoms with Crippen LogP contribution in [0.3, 0.4) is 0 Å². The minimum absolute atomic E-state index is 0.0816. The van der Waals surface area contributed by atoms with Crippen molar-refractivity contribution in [2.45, 2.75) is 58.3 Å². The maximum Gasteiger partial charge on any atom is 0.347 e. The third-order valence-corrected chi connectivity index (χ3v) is 5.09. The fourth-order valence-corrected chi connectivity index (χ4v) is 3.21. The molecule has 2 aromatic rings. The van der Waals surface area contributed by atoms with Crippen molar-refractivity contribution in [3.05, 3.63) is 65.2 Å². The summed E-state index contributed by atoms with van der Waals surface area (Å²) in [5.41, 5.74) is 5.38. The Morgan fingerprint density at radius 3 is 2.37 bits per heavy atom. The number of aryl methyl sites for hydroxylation is 2. The van der Waals surface area contributed by atoms with Crippen LogP contribution in [0.5, 0.6) is 5.75 Å². The number of carboxylic acid groups (broad SMARTS) is 1. The third-order valence-electron chi connectivity index (χ3n) is 5.09. The van der Waals surface area contributed by atoms with E-state index in [1.165, 1.54) is 19.4 Å². The summed E-state index contributed by atoms with van der Waals surface area (Å²) in [6.07, 6.45) is 2.48. The number of benzene rings is 2. The summed E-state index contributed by atoms with van der Waals surface area (Å²) in [6.45, 7) is 5.61. The van der Waals surface area contributed by atoms with Gasteiger partial charge in [0.2, 0.25) is 0 Å². The van der Waals surface area contributed by atoms with Crippen molar-refractivity contribution in [1.29, 1.82) is 0 Å². The van der Waals surface area contributed by atoms with Crippen LogP contribution >= 0.6 is 0 Å². The summed E-state index contributed by atoms with van der Waals surface area (Å²) in [4.78, 5) is 23.3. The van der Waals surface area contributed by atoms with Crippen molar-refractivity contribution >= 4 is 12.0 Å². The monoisotopic (exact) mass is 411 g/mol. The summed E-state index contributed by atoms with van der Waals surface area (Å²) >= 11 is 0. The van der Waals surface area contributed by atoms with Crippen molar-refractivity contribution < 1.29 is 19.4 Å². The van der Waals surface area contributed by atoms with E-state index in [2.05, 4.69) is 10.7 Å². The predicted octanol–water partition coefficient (Wildman–Crippen LogP) is 3.62. The molecule has 7 nitrogen and oxygen atoms in total. The van der Waals surface area contributed by atoms with Gasteiger partial charge in [-0.2, -0.15) is 0 Å². The third kappa shape index (κ3) is 5.73. The molecule has 0 aromatic heterocycles. The van der Waals surface area contributed by atoms with Gasteiger partial charge in [-0.25, -0.2) is 15.0 Å². The molecule has 1 saturated heterocycles. The number of amides is 2. The summed E-state index contributed by atoms with van der Waals surface area (Å²) in [5.74, 6) is -0.475. The van der Waals surface area contributed by atoms with Gasteiger partial charge in [0.05, 0.1) is 12.7 Å². The van der Waals surface area contributed by atoms with E-state index in [0.29, 0.717) is 12.3 Å². The molecule has 0 radical (unpaired) electrons. The number of carbonyl (C=O) groups is 2. The number of carbonyl (C=O) groups excluding carboxylic acids is 1. The molecule has 1 fully saturated rings. The normalized spacial score (nSPS) is 16.4. The second-order valence-corrected chi connectivity index (χ2v) is 8.16. The zero-order valence-corrected chi connectivity index (χ0v) is 17.6. The number of carboxylic acids is 1. The van der Waals surface area contributed by atoms with Gasteiger partial charge in [-0.05, 0) is 63.3 Å². The Hall–Kier alpha value is -3.06. The number of nitrogens with zero attached hydrogens (tertiary/aromatic N) is 1. The van der Waals surface area contributed by atoms with Gasteiger partial charge in [0.15, 0.2) is 5.60 Å². The van der Waals surface area contributed by atoms with Crippen molar-refractivity contribution in [3.63, 3.8) is 0 Å². The SMILES string of the molecule is Cc1ccc(CN2NC(CCCc3ccc(OC(C)(C)C(=O)O)cc3)NC2=O)cc1. The average Bonchev–Trinajstić information content (AvgIpc) is 3.04. The molecule has 3 N–H and O–H groups in total. The molecule has 0 bridgehead atoms. The Balaban J connectivity index is 1.43. The number of hydrazine groups is 1. The lowest BCUT2D eigenvalue weighted by Gasteiger charge is -2.21. The number of aliphatic carboxylic acids is 1. The van der Waals surface area contributed by atoms with Crippen molar-refractivity contribution in [2.75, 3.05) is 0 Å². The van der Waals surface area contributed by atoms with Crippen LogP contribution in [0.4, 0.5) is 4.79 Å². The van der Waals surface area contributed by atoms with Gasteiger partial charge in [-0.15, -0.1) is 0 Å². The van der Waals surface area contributed by atoms with Crippen LogP contribution in [-0.2, 0) is 17.8 Å². The number of urea groups is 1. The van der Waals surface area contributed by atoms with Gasteiger partial charge in [-0.1, -0.05) is 42.0 Å². The molecule has 2 amide bonds. The van der Waals surface area contributed by atoms with Gasteiger partial charge in [0.1, 0.15) is 5.75 Å². The molecule has 1 aliphatic rings. The van der Waals surface area contributed by atoms with Gasteiger partial charge in [0.25, 0.3) is 0 Å². The van der Waals surface area contributed by atoms with Crippen molar-refractivity contribution in [1.82, 2.24) is 15.8 Å². The summed E-state index contributed by atoms with van der Waals surface area (Å²) in [5, 5.41) is 13.7. The molecule has 1 atom stereocenters. The van der Waals surface area contributed by atoms with Gasteiger partial charge in [0, 0.05) is 0 Å². The molecule has 1 heterocycles. The molecule has 160 valence electrons. The van der Waals surface area contributed by atoms with Crippen molar-refractivity contribution in [3.8, 4) is 5.75 Å². The Labute approximate surface area is 177 Å². The molecule has 2 aromatic carbocycles. The first-order chi connectivity index (χ1) is 14.2. The predicted molar refractivity (Wildman–Crippen MR) is 114 cm³/mol. The van der Waals surface area contributed by atoms with E-state index in [1.54, 1.807) is 17.1 Å². The number of ether oxygens (including phenoxy) is 1. The highest BCUT2D eigenvalue weighted by atomic mass is 16.5. The number of hydrogen-bond acceptors (Lipinski definition) is 4. The average molecular weight is 412 g/mol. The fraction of sp³-hybridized carbons (Fsp3) is 0.391. The molecule has 0 spiro atoms. The number of rotatable bonds is 9. The smallest absolute Gasteiger partial charge is 0.347 e. The lowest BCUT2D eigenvalue weighted by molar-refractivity contribution is -0.152. The highest BCUT2D eigenvalue weighted by Crippen LogP contribution is 2.20. The molecular formula is C23H29N3O4. The molecule has 3 rings (SSSR count). The van der Waals surface area contributed by atoms with Crippen LogP contribution in [0.1, 0.15) is 43.4 Å². The van der Waals surface area contributed by atoms with Gasteiger partial charge in [-0.3, -0.25) is 5.01 Å². The molecule has 0 saturated carbocycles. The molecule has 1 unspecified atom stereocenters. The van der Waals surface area contributed by atoms with Crippen LogP contribution in [0.25, 0.3) is 0 Å². The molecule has 30 heavy (non-hydrogen) atoms. The first-order valence-corrected chi connectivity index (χ1v) is 10.1. The van der Waals surface area contributed by atoms with Crippen LogP contribution < -0.4 is 15.5 Å². The van der Waals surface area contributed by atoms with Crippen LogP contribution in [0.15, 0.2) is 48.5 Å². The summed E-state index contributed by atoms with van der Waals surface area (Å²) < 4.78 is 5.52. The fourth-order valence-electron chi connectivity index (χ4n) is 3.21. The number of hydrogen-bond donors (Lipinski definition) is 3. The van der Waals surface area contributed by atoms with Crippen molar-refractivity contribution in [2.24, 2.45) is 0 Å². The lowest BCUT2D eigenvalue weighted by Crippen LogP contribution is -2.37. The largest absolute Gasteiger partial charge is 0.478 e. The molecule has 0 aliphatic carbocycles. The summed E-state index contributed by atoms with van der Waals surface area (Å²) in [7, 11) is 0. The van der Waals surface area contributed by atoms with E-state index < -0.39 is 11.6 Å². The van der Waals surface area contributed by atoms with E-state index in [-0.39, 0.29) is 12.2 Å². The Morgan fingerprint density at radius 2 is 1.73 bits per heavy atom. The van der Waals surface area contributed by atoms with E-state index in [0.717, 1.165) is 30.4 Å². The molecule has 7 heteroatoms. The Morgan fingerprint density at radius 1 is 1.10 bits per heavy atom. The van der Waals surface area contributed by atoms with Gasteiger partial charge < -0.3 is 15.2 Å². The lowest BCUT2D eigenvalue weighted by atomic mass is 10.1. The standard InChI is InChI=1S/C23H29N3O4/c1-16-7-9-18(10-8-16)15-26-22(29)24-20(25-26)6-4-5-17-11-13-19(14-12-17)30-23(2,3)21(27)28/h7-14,20,25H,4-6,15H2,1-3H3,(H,24,29)(H,27,28). The zero-order valence-electron chi connectivity index (χ0n) is 17.6. The zero-order chi connectivity index (χ0) is 21.7. The first-order valence-electron chi connectivity index (χ1n) is 10.1. The Bertz CT molecular complexity index is 878. The van der Waals surface area contributed by atoms with E-state index >= 15 is 0 Å². The highest BCUT2D eigenvalue weighted by Gasteiger charge is 2.29. The molecular weight excluding hydrogens is 382 g/mol. The quantitative estimate of drug-likeness (QED) is 0.586. The van der Waals surface area contributed by atoms with Crippen LogP contribution in [0.2, 0.25) is 0 Å². The maximum atomic E-state index is 12.2. The minimum atomic E-state index is -1.27. The van der Waals surface area contributed by atoms with E-state index in [9.17, 15) is 9.59 Å². The van der Waals surface area contributed by atoms with Crippen LogP contribution in [0, 0.1) is 6.92 Å². The summed E-state index contributed by atoms with van der Waals surface area (Å²) in [6, 6.07) is 15.5. The second kappa shape index (κ2) is 9.17. The van der Waals surface area contributed by atoms with Crippen LogP contribution in [-0.4, -0.2) is 33.9 Å². The first kappa shape index (κ1) is 21.6. The van der Waals surface area contributed by atoms with Gasteiger partial charge >= 0.3 is 12.0 Å². The topological polar surface area (TPSA) is 90.9 Å².